The van der Waals surface area contributed by atoms with Crippen LogP contribution in [0.15, 0.2) is 52.2 Å². The molecule has 0 bridgehead atoms. The zero-order valence-corrected chi connectivity index (χ0v) is 21.2. The predicted molar refractivity (Wildman–Crippen MR) is 135 cm³/mol. The number of hydrogen-bond acceptors (Lipinski definition) is 7. The molecule has 0 spiro atoms. The smallest absolute Gasteiger partial charge is 0.416 e. The standard InChI is InChI=1S/C26H29F3N6O3/c1-25(2,3)38-24(36)34-11-8-18(9-12-34)31-22-30-10-7-19(32-22)21-20(33-23-35(21)13-14-37-23)16-5-4-6-17(15-16)26(27,28)29/h4-7,10,13-15,18,22,31-32H,8-9,11-12H2,1-3H3. The van der Waals surface area contributed by atoms with Gasteiger partial charge in [-0.3, -0.25) is 14.7 Å². The van der Waals surface area contributed by atoms with E-state index in [1.807, 2.05) is 20.8 Å². The molecule has 38 heavy (non-hydrogen) atoms. The predicted octanol–water partition coefficient (Wildman–Crippen LogP) is 4.90. The second-order valence-corrected chi connectivity index (χ2v) is 10.3. The number of allylic oxidation sites excluding steroid dienone is 1. The van der Waals surface area contributed by atoms with Crippen LogP contribution in [0.1, 0.15) is 44.9 Å². The van der Waals surface area contributed by atoms with Gasteiger partial charge in [0.25, 0.3) is 0 Å². The van der Waals surface area contributed by atoms with Gasteiger partial charge in [-0.15, -0.1) is 0 Å². The van der Waals surface area contributed by atoms with Crippen LogP contribution in [0.3, 0.4) is 0 Å². The minimum absolute atomic E-state index is 0.102. The lowest BCUT2D eigenvalue weighted by molar-refractivity contribution is -0.137. The normalized spacial score (nSPS) is 18.9. The summed E-state index contributed by atoms with van der Waals surface area (Å²) in [5, 5.41) is 6.78. The number of oxazole rings is 1. The number of likely N-dealkylation sites (tertiary alicyclic amines) is 1. The van der Waals surface area contributed by atoms with Gasteiger partial charge in [0.1, 0.15) is 17.6 Å². The molecule has 2 N–H and O–H groups in total. The van der Waals surface area contributed by atoms with Gasteiger partial charge in [-0.25, -0.2) is 4.79 Å². The van der Waals surface area contributed by atoms with E-state index in [2.05, 4.69) is 20.6 Å². The average Bonchev–Trinajstić information content (AvgIpc) is 3.45. The molecule has 5 rings (SSSR count). The molecule has 2 aliphatic heterocycles. The molecule has 1 amide bonds. The van der Waals surface area contributed by atoms with Crippen molar-refractivity contribution in [1.29, 1.82) is 0 Å². The lowest BCUT2D eigenvalue weighted by Gasteiger charge is -2.35. The first-order valence-corrected chi connectivity index (χ1v) is 12.4. The number of aliphatic imine (C=N–C) groups is 1. The second kappa shape index (κ2) is 9.82. The molecule has 4 heterocycles. The van der Waals surface area contributed by atoms with Gasteiger partial charge >= 0.3 is 18.1 Å². The van der Waals surface area contributed by atoms with E-state index < -0.39 is 23.6 Å². The number of ether oxygens (including phenoxy) is 1. The summed E-state index contributed by atoms with van der Waals surface area (Å²) >= 11 is 0. The summed E-state index contributed by atoms with van der Waals surface area (Å²) < 4.78 is 52.7. The van der Waals surface area contributed by atoms with Crippen molar-refractivity contribution in [2.24, 2.45) is 4.99 Å². The van der Waals surface area contributed by atoms with Crippen molar-refractivity contribution in [1.82, 2.24) is 24.9 Å². The van der Waals surface area contributed by atoms with Crippen LogP contribution in [-0.4, -0.2) is 57.6 Å². The number of nitrogens with one attached hydrogen (secondary N) is 2. The Hall–Kier alpha value is -3.80. The lowest BCUT2D eigenvalue weighted by Crippen LogP contribution is -2.52. The highest BCUT2D eigenvalue weighted by atomic mass is 19.4. The molecule has 12 heteroatoms. The Morgan fingerprint density at radius 2 is 1.97 bits per heavy atom. The summed E-state index contributed by atoms with van der Waals surface area (Å²) in [5.74, 6) is 0.261. The van der Waals surface area contributed by atoms with Gasteiger partial charge in [0, 0.05) is 37.1 Å². The number of fused-ring (bicyclic) bond motifs is 1. The first-order valence-electron chi connectivity index (χ1n) is 12.4. The van der Waals surface area contributed by atoms with Crippen LogP contribution in [0.2, 0.25) is 0 Å². The fourth-order valence-corrected chi connectivity index (χ4v) is 4.53. The Balaban J connectivity index is 1.31. The fraction of sp³-hybridized carbons (Fsp3) is 0.423. The number of rotatable bonds is 4. The van der Waals surface area contributed by atoms with Crippen LogP contribution in [0.4, 0.5) is 18.0 Å². The third-order valence-electron chi connectivity index (χ3n) is 6.29. The number of halogens is 3. The summed E-state index contributed by atoms with van der Waals surface area (Å²) in [5.41, 5.74) is 0.564. The zero-order valence-electron chi connectivity index (χ0n) is 21.2. The van der Waals surface area contributed by atoms with Gasteiger partial charge in [0.15, 0.2) is 6.29 Å². The summed E-state index contributed by atoms with van der Waals surface area (Å²) in [7, 11) is 0. The molecular weight excluding hydrogens is 501 g/mol. The van der Waals surface area contributed by atoms with Crippen molar-refractivity contribution >= 4 is 23.8 Å². The van der Waals surface area contributed by atoms with E-state index in [1.54, 1.807) is 33.9 Å². The lowest BCUT2D eigenvalue weighted by atomic mass is 10.0. The third kappa shape index (κ3) is 5.54. The number of aromatic nitrogens is 2. The summed E-state index contributed by atoms with van der Waals surface area (Å²) in [6, 6.07) is 5.16. The minimum atomic E-state index is -4.47. The maximum Gasteiger partial charge on any atom is 0.416 e. The number of amides is 1. The number of benzene rings is 1. The number of imidazole rings is 1. The molecule has 2 aliphatic rings. The van der Waals surface area contributed by atoms with Crippen LogP contribution in [0.25, 0.3) is 22.8 Å². The van der Waals surface area contributed by atoms with Crippen LogP contribution < -0.4 is 10.6 Å². The Morgan fingerprint density at radius 3 is 2.68 bits per heavy atom. The highest BCUT2D eigenvalue weighted by molar-refractivity contribution is 5.89. The Bertz CT molecular complexity index is 1380. The van der Waals surface area contributed by atoms with Gasteiger partial charge < -0.3 is 19.4 Å². The van der Waals surface area contributed by atoms with Crippen molar-refractivity contribution in [3.8, 4) is 11.3 Å². The van der Waals surface area contributed by atoms with Gasteiger partial charge in [-0.2, -0.15) is 18.2 Å². The van der Waals surface area contributed by atoms with Crippen LogP contribution in [-0.2, 0) is 10.9 Å². The summed E-state index contributed by atoms with van der Waals surface area (Å²) in [4.78, 5) is 23.0. The van der Waals surface area contributed by atoms with E-state index in [1.165, 1.54) is 12.3 Å². The first-order chi connectivity index (χ1) is 18.0. The van der Waals surface area contributed by atoms with Crippen LogP contribution in [0, 0.1) is 0 Å². The largest absolute Gasteiger partial charge is 0.444 e. The molecule has 0 radical (unpaired) electrons. The van der Waals surface area contributed by atoms with Crippen LogP contribution in [0.5, 0.6) is 0 Å². The van der Waals surface area contributed by atoms with E-state index in [9.17, 15) is 18.0 Å². The molecule has 0 saturated carbocycles. The molecule has 1 unspecified atom stereocenters. The van der Waals surface area contributed by atoms with E-state index in [0.717, 1.165) is 25.0 Å². The average molecular weight is 531 g/mol. The van der Waals surface area contributed by atoms with Crippen molar-refractivity contribution in [2.75, 3.05) is 13.1 Å². The van der Waals surface area contributed by atoms with Crippen molar-refractivity contribution in [2.45, 2.75) is 57.7 Å². The SMILES string of the molecule is CC(C)(C)OC(=O)N1CCC(NC2N=CC=C(c3c(-c4cccc(C(F)(F)F)c4)nc4occn34)N2)CC1. The molecule has 1 aromatic carbocycles. The van der Waals surface area contributed by atoms with Crippen molar-refractivity contribution in [3.05, 3.63) is 54.1 Å². The molecular formula is C26H29F3N6O3. The summed E-state index contributed by atoms with van der Waals surface area (Å²) in [6.07, 6.45) is 2.71. The highest BCUT2D eigenvalue weighted by Crippen LogP contribution is 2.35. The fourth-order valence-electron chi connectivity index (χ4n) is 4.53. The molecule has 1 atom stereocenters. The molecule has 202 valence electrons. The van der Waals surface area contributed by atoms with Crippen LogP contribution >= 0.6 is 0 Å². The maximum atomic E-state index is 13.4. The van der Waals surface area contributed by atoms with Gasteiger partial charge in [0.05, 0.1) is 17.0 Å². The molecule has 9 nitrogen and oxygen atoms in total. The Morgan fingerprint density at radius 1 is 1.21 bits per heavy atom. The number of nitrogens with zero attached hydrogens (tertiary/aromatic N) is 4. The number of carbonyl (C=O) groups is 1. The monoisotopic (exact) mass is 530 g/mol. The van der Waals surface area contributed by atoms with E-state index >= 15 is 0 Å². The van der Waals surface area contributed by atoms with Gasteiger partial charge in [-0.1, -0.05) is 12.1 Å². The number of carbonyl (C=O) groups excluding carboxylic acids is 1. The Labute approximate surface area is 217 Å². The highest BCUT2D eigenvalue weighted by Gasteiger charge is 2.32. The maximum absolute atomic E-state index is 13.4. The molecule has 0 aliphatic carbocycles. The van der Waals surface area contributed by atoms with Gasteiger partial charge in [0.2, 0.25) is 0 Å². The quantitative estimate of drug-likeness (QED) is 0.498. The molecule has 1 saturated heterocycles. The van der Waals surface area contributed by atoms with Gasteiger partial charge in [-0.05, 0) is 51.8 Å². The van der Waals surface area contributed by atoms with E-state index in [0.29, 0.717) is 35.7 Å². The molecule has 1 fully saturated rings. The van der Waals surface area contributed by atoms with Crippen molar-refractivity contribution in [3.63, 3.8) is 0 Å². The first kappa shape index (κ1) is 25.8. The second-order valence-electron chi connectivity index (χ2n) is 10.3. The topological polar surface area (TPSA) is 96.4 Å². The zero-order chi connectivity index (χ0) is 27.1. The molecule has 3 aromatic rings. The minimum Gasteiger partial charge on any atom is -0.444 e. The van der Waals surface area contributed by atoms with E-state index in [-0.39, 0.29) is 18.0 Å². The van der Waals surface area contributed by atoms with Crippen molar-refractivity contribution < 1.29 is 27.1 Å². The third-order valence-corrected chi connectivity index (χ3v) is 6.29. The summed E-state index contributed by atoms with van der Waals surface area (Å²) in [6.45, 7) is 6.64. The molecule has 2 aromatic heterocycles. The number of hydrogen-bond donors (Lipinski definition) is 2. The Kier molecular flexibility index (Phi) is 6.68. The number of alkyl halides is 3. The van der Waals surface area contributed by atoms with E-state index in [4.69, 9.17) is 9.15 Å². The number of piperidine rings is 1.